The Morgan fingerprint density at radius 3 is 1.94 bits per heavy atom. The quantitative estimate of drug-likeness (QED) is 0.592. The Bertz CT molecular complexity index is 276. The zero-order valence-electron chi connectivity index (χ0n) is 12.0. The maximum atomic E-state index is 11.9. The fraction of sp³-hybridized carbons (Fsp3) is 0.833. The van der Waals surface area contributed by atoms with Gasteiger partial charge in [0, 0.05) is 18.1 Å². The van der Waals surface area contributed by atoms with Gasteiger partial charge in [0.2, 0.25) is 6.41 Å². The molecule has 0 atom stereocenters. The molecule has 17 heavy (non-hydrogen) atoms. The van der Waals surface area contributed by atoms with Crippen LogP contribution in [0.25, 0.3) is 0 Å². The van der Waals surface area contributed by atoms with E-state index in [4.69, 9.17) is 0 Å². The molecule has 0 aromatic carbocycles. The van der Waals surface area contributed by atoms with Crippen molar-refractivity contribution >= 4 is 12.3 Å². The van der Waals surface area contributed by atoms with Crippen LogP contribution >= 0.6 is 0 Å². The van der Waals surface area contributed by atoms with E-state index in [1.165, 1.54) is 9.91 Å². The molecule has 0 unspecified atom stereocenters. The fourth-order valence-electron chi connectivity index (χ4n) is 1.25. The van der Waals surface area contributed by atoms with E-state index >= 15 is 0 Å². The van der Waals surface area contributed by atoms with Gasteiger partial charge in [-0.3, -0.25) is 14.6 Å². The summed E-state index contributed by atoms with van der Waals surface area (Å²) in [5.74, 6) is -0.137. The SMILES string of the molecule is CN(NC(C)(C)C)C(=O)CN(C=O)C(C)(C)C. The monoisotopic (exact) mass is 243 g/mol. The largest absolute Gasteiger partial charge is 0.331 e. The lowest BCUT2D eigenvalue weighted by molar-refractivity contribution is -0.140. The Kier molecular flexibility index (Phi) is 5.13. The first-order valence-electron chi connectivity index (χ1n) is 5.74. The van der Waals surface area contributed by atoms with Gasteiger partial charge >= 0.3 is 0 Å². The first-order valence-corrected chi connectivity index (χ1v) is 5.74. The Hall–Kier alpha value is -1.10. The van der Waals surface area contributed by atoms with E-state index in [0.717, 1.165) is 0 Å². The van der Waals surface area contributed by atoms with Crippen LogP contribution in [0.2, 0.25) is 0 Å². The molecular formula is C12H25N3O2. The van der Waals surface area contributed by atoms with E-state index in [1.54, 1.807) is 7.05 Å². The molecule has 0 bridgehead atoms. The number of nitrogens with zero attached hydrogens (tertiary/aromatic N) is 2. The van der Waals surface area contributed by atoms with Crippen molar-refractivity contribution in [2.75, 3.05) is 13.6 Å². The standard InChI is InChI=1S/C12H25N3O2/c1-11(2,3)13-14(7)10(17)8-15(9-16)12(4,5)6/h9,13H,8H2,1-7H3. The second-order valence-electron chi connectivity index (χ2n) is 6.22. The normalized spacial score (nSPS) is 12.2. The summed E-state index contributed by atoms with van der Waals surface area (Å²) in [6.07, 6.45) is 0.711. The summed E-state index contributed by atoms with van der Waals surface area (Å²) in [5, 5.41) is 1.43. The van der Waals surface area contributed by atoms with Crippen LogP contribution in [0.1, 0.15) is 41.5 Å². The summed E-state index contributed by atoms with van der Waals surface area (Å²) in [6.45, 7) is 11.7. The number of carbonyl (C=O) groups excluding carboxylic acids is 2. The summed E-state index contributed by atoms with van der Waals surface area (Å²) in [6, 6.07) is 0. The van der Waals surface area contributed by atoms with Gasteiger partial charge in [0.1, 0.15) is 6.54 Å². The fourth-order valence-corrected chi connectivity index (χ4v) is 1.25. The maximum absolute atomic E-state index is 11.9. The third-order valence-corrected chi connectivity index (χ3v) is 2.17. The molecule has 1 N–H and O–H groups in total. The predicted octanol–water partition coefficient (Wildman–Crippen LogP) is 1.00. The lowest BCUT2D eigenvalue weighted by atomic mass is 10.1. The third kappa shape index (κ3) is 6.26. The second-order valence-corrected chi connectivity index (χ2v) is 6.22. The van der Waals surface area contributed by atoms with Gasteiger partial charge < -0.3 is 4.90 Å². The number of hydrogen-bond acceptors (Lipinski definition) is 3. The van der Waals surface area contributed by atoms with Crippen LogP contribution in [0.4, 0.5) is 0 Å². The minimum Gasteiger partial charge on any atom is -0.331 e. The van der Waals surface area contributed by atoms with Crippen molar-refractivity contribution in [3.05, 3.63) is 0 Å². The van der Waals surface area contributed by atoms with Crippen LogP contribution in [0, 0.1) is 0 Å². The molecule has 0 fully saturated rings. The third-order valence-electron chi connectivity index (χ3n) is 2.17. The highest BCUT2D eigenvalue weighted by molar-refractivity contribution is 5.79. The summed E-state index contributed by atoms with van der Waals surface area (Å²) >= 11 is 0. The molecular weight excluding hydrogens is 218 g/mol. The molecule has 100 valence electrons. The Morgan fingerprint density at radius 1 is 1.18 bits per heavy atom. The maximum Gasteiger partial charge on any atom is 0.256 e. The summed E-state index contributed by atoms with van der Waals surface area (Å²) < 4.78 is 0. The molecule has 0 spiro atoms. The van der Waals surface area contributed by atoms with E-state index in [2.05, 4.69) is 5.43 Å². The second kappa shape index (κ2) is 5.49. The Balaban J connectivity index is 4.48. The molecule has 2 amide bonds. The molecule has 5 nitrogen and oxygen atoms in total. The van der Waals surface area contributed by atoms with Gasteiger partial charge in [-0.1, -0.05) is 0 Å². The Morgan fingerprint density at radius 2 is 1.65 bits per heavy atom. The van der Waals surface area contributed by atoms with Crippen LogP contribution in [0.5, 0.6) is 0 Å². The zero-order chi connectivity index (χ0) is 13.9. The summed E-state index contributed by atoms with van der Waals surface area (Å²) in [5.41, 5.74) is 2.51. The van der Waals surface area contributed by atoms with Gasteiger partial charge in [-0.25, -0.2) is 5.43 Å². The van der Waals surface area contributed by atoms with Gasteiger partial charge in [-0.15, -0.1) is 0 Å². The first-order chi connectivity index (χ1) is 7.47. The molecule has 0 aliphatic rings. The van der Waals surface area contributed by atoms with Crippen LogP contribution in [-0.4, -0.2) is 46.9 Å². The smallest absolute Gasteiger partial charge is 0.256 e. The van der Waals surface area contributed by atoms with Crippen LogP contribution < -0.4 is 5.43 Å². The molecule has 0 rings (SSSR count). The molecule has 0 saturated carbocycles. The van der Waals surface area contributed by atoms with Crippen molar-refractivity contribution < 1.29 is 9.59 Å². The predicted molar refractivity (Wildman–Crippen MR) is 68.2 cm³/mol. The molecule has 0 saturated heterocycles. The lowest BCUT2D eigenvalue weighted by Gasteiger charge is -2.34. The van der Waals surface area contributed by atoms with Crippen molar-refractivity contribution in [2.45, 2.75) is 52.6 Å². The number of hydrogen-bond donors (Lipinski definition) is 1. The van der Waals surface area contributed by atoms with Gasteiger partial charge in [0.05, 0.1) is 0 Å². The summed E-state index contributed by atoms with van der Waals surface area (Å²) in [4.78, 5) is 24.3. The number of nitrogens with one attached hydrogen (secondary N) is 1. The van der Waals surface area contributed by atoms with Crippen LogP contribution in [0.15, 0.2) is 0 Å². The molecule has 0 aromatic rings. The lowest BCUT2D eigenvalue weighted by Crippen LogP contribution is -2.54. The van der Waals surface area contributed by atoms with E-state index in [0.29, 0.717) is 6.41 Å². The van der Waals surface area contributed by atoms with Gasteiger partial charge in [-0.2, -0.15) is 0 Å². The van der Waals surface area contributed by atoms with E-state index in [1.807, 2.05) is 41.5 Å². The Labute approximate surface area is 104 Å². The number of rotatable bonds is 4. The molecule has 0 radical (unpaired) electrons. The number of amides is 2. The molecule has 0 aliphatic carbocycles. The molecule has 0 aromatic heterocycles. The summed E-state index contributed by atoms with van der Waals surface area (Å²) in [7, 11) is 1.67. The highest BCUT2D eigenvalue weighted by Gasteiger charge is 2.24. The zero-order valence-corrected chi connectivity index (χ0v) is 12.0. The number of hydrazine groups is 1. The van der Waals surface area contributed by atoms with E-state index < -0.39 is 0 Å². The van der Waals surface area contributed by atoms with Crippen LogP contribution in [-0.2, 0) is 9.59 Å². The van der Waals surface area contributed by atoms with Crippen LogP contribution in [0.3, 0.4) is 0 Å². The van der Waals surface area contributed by atoms with Crippen molar-refractivity contribution in [3.63, 3.8) is 0 Å². The minimum atomic E-state index is -0.347. The topological polar surface area (TPSA) is 52.7 Å². The number of likely N-dealkylation sites (N-methyl/N-ethyl adjacent to an activating group) is 1. The molecule has 0 aliphatic heterocycles. The van der Waals surface area contributed by atoms with Crippen molar-refractivity contribution in [3.8, 4) is 0 Å². The molecule has 5 heteroatoms. The van der Waals surface area contributed by atoms with E-state index in [-0.39, 0.29) is 23.5 Å². The first kappa shape index (κ1) is 15.9. The van der Waals surface area contributed by atoms with Gasteiger partial charge in [0.15, 0.2) is 0 Å². The minimum absolute atomic E-state index is 0.0760. The average Bonchev–Trinajstić information content (AvgIpc) is 2.08. The highest BCUT2D eigenvalue weighted by atomic mass is 16.2. The average molecular weight is 243 g/mol. The molecule has 0 heterocycles. The van der Waals surface area contributed by atoms with E-state index in [9.17, 15) is 9.59 Å². The van der Waals surface area contributed by atoms with Crippen molar-refractivity contribution in [1.29, 1.82) is 0 Å². The van der Waals surface area contributed by atoms with Crippen molar-refractivity contribution in [2.24, 2.45) is 0 Å². The van der Waals surface area contributed by atoms with Gasteiger partial charge in [0.25, 0.3) is 5.91 Å². The van der Waals surface area contributed by atoms with Gasteiger partial charge in [-0.05, 0) is 41.5 Å². The number of carbonyl (C=O) groups is 2. The highest BCUT2D eigenvalue weighted by Crippen LogP contribution is 2.10. The van der Waals surface area contributed by atoms with Crippen molar-refractivity contribution in [1.82, 2.24) is 15.3 Å².